The molecule has 9 heteroatoms. The van der Waals surface area contributed by atoms with Gasteiger partial charge in [-0.1, -0.05) is 0 Å². The summed E-state index contributed by atoms with van der Waals surface area (Å²) in [6.45, 7) is 1.65. The number of aromatic nitrogens is 4. The van der Waals surface area contributed by atoms with Gasteiger partial charge in [-0.2, -0.15) is 19.7 Å². The van der Waals surface area contributed by atoms with Gasteiger partial charge in [0.05, 0.1) is 28.1 Å². The van der Waals surface area contributed by atoms with Crippen LogP contribution in [-0.4, -0.2) is 32.1 Å². The Balaban J connectivity index is 2.09. The van der Waals surface area contributed by atoms with Crippen LogP contribution in [0.3, 0.4) is 0 Å². The smallest absolute Gasteiger partial charge is 0.272 e. The highest BCUT2D eigenvalue weighted by atomic mass is 79.9. The number of nitrogens with one attached hydrogen (secondary N) is 2. The van der Waals surface area contributed by atoms with Crippen LogP contribution in [0.5, 0.6) is 0 Å². The molecule has 0 saturated heterocycles. The third-order valence-corrected chi connectivity index (χ3v) is 2.98. The lowest BCUT2D eigenvalue weighted by Gasteiger charge is -1.96. The minimum Gasteiger partial charge on any atom is -0.272 e. The van der Waals surface area contributed by atoms with Gasteiger partial charge in [0.15, 0.2) is 0 Å². The highest BCUT2D eigenvalue weighted by Crippen LogP contribution is 2.12. The van der Waals surface area contributed by atoms with E-state index in [9.17, 15) is 9.18 Å². The standard InChI is InChI=1S/C10H10BrFN6O/c1-5-6(9(12)18(2)17-5)3-13-16-10(19)8-7(11)4-14-15-8/h3-4H,1-2H3,(H,14,15)(H,16,19)/b13-3+. The number of amides is 1. The average Bonchev–Trinajstić information content (AvgIpc) is 2.88. The van der Waals surface area contributed by atoms with Crippen LogP contribution in [-0.2, 0) is 7.05 Å². The molecule has 0 aliphatic heterocycles. The number of aryl methyl sites for hydroxylation is 2. The van der Waals surface area contributed by atoms with Gasteiger partial charge in [-0.05, 0) is 22.9 Å². The molecule has 0 aromatic carbocycles. The summed E-state index contributed by atoms with van der Waals surface area (Å²) in [6.07, 6.45) is 2.66. The average molecular weight is 329 g/mol. The zero-order valence-corrected chi connectivity index (χ0v) is 11.7. The van der Waals surface area contributed by atoms with E-state index in [1.807, 2.05) is 0 Å². The van der Waals surface area contributed by atoms with Gasteiger partial charge in [0, 0.05) is 7.05 Å². The van der Waals surface area contributed by atoms with Gasteiger partial charge < -0.3 is 0 Å². The molecule has 0 radical (unpaired) electrons. The van der Waals surface area contributed by atoms with Crippen LogP contribution < -0.4 is 5.43 Å². The van der Waals surface area contributed by atoms with E-state index in [2.05, 4.69) is 41.8 Å². The van der Waals surface area contributed by atoms with Crippen LogP contribution in [0.25, 0.3) is 0 Å². The van der Waals surface area contributed by atoms with E-state index >= 15 is 0 Å². The van der Waals surface area contributed by atoms with Crippen molar-refractivity contribution in [3.05, 3.63) is 33.6 Å². The Bertz CT molecular complexity index is 646. The van der Waals surface area contributed by atoms with E-state index in [0.717, 1.165) is 4.68 Å². The lowest BCUT2D eigenvalue weighted by atomic mass is 10.3. The Labute approximate surface area is 116 Å². The largest absolute Gasteiger partial charge is 0.290 e. The van der Waals surface area contributed by atoms with Crippen molar-refractivity contribution < 1.29 is 9.18 Å². The predicted molar refractivity (Wildman–Crippen MR) is 69.3 cm³/mol. The number of aromatic amines is 1. The second kappa shape index (κ2) is 5.31. The zero-order chi connectivity index (χ0) is 14.0. The fourth-order valence-corrected chi connectivity index (χ4v) is 1.81. The monoisotopic (exact) mass is 328 g/mol. The maximum atomic E-state index is 13.6. The first-order valence-corrected chi connectivity index (χ1v) is 6.01. The Hall–Kier alpha value is -2.03. The Kier molecular flexibility index (Phi) is 3.74. The number of hydrogen-bond acceptors (Lipinski definition) is 4. The van der Waals surface area contributed by atoms with E-state index in [-0.39, 0.29) is 11.3 Å². The zero-order valence-electron chi connectivity index (χ0n) is 10.1. The molecule has 0 unspecified atom stereocenters. The van der Waals surface area contributed by atoms with E-state index < -0.39 is 11.9 Å². The minimum absolute atomic E-state index is 0.228. The van der Waals surface area contributed by atoms with E-state index in [4.69, 9.17) is 0 Å². The van der Waals surface area contributed by atoms with Gasteiger partial charge in [0.1, 0.15) is 5.69 Å². The number of hydrazone groups is 1. The van der Waals surface area contributed by atoms with Crippen molar-refractivity contribution in [2.45, 2.75) is 6.92 Å². The van der Waals surface area contributed by atoms with Gasteiger partial charge in [0.25, 0.3) is 5.91 Å². The van der Waals surface area contributed by atoms with Gasteiger partial charge in [-0.25, -0.2) is 10.1 Å². The molecule has 0 saturated carbocycles. The summed E-state index contributed by atoms with van der Waals surface area (Å²) in [5.41, 5.74) is 3.22. The molecule has 2 aromatic rings. The maximum Gasteiger partial charge on any atom is 0.290 e. The van der Waals surface area contributed by atoms with Crippen LogP contribution in [0.15, 0.2) is 15.8 Å². The number of rotatable bonds is 3. The number of nitrogens with zero attached hydrogens (tertiary/aromatic N) is 4. The quantitative estimate of drug-likeness (QED) is 0.653. The van der Waals surface area contributed by atoms with Crippen LogP contribution in [0.1, 0.15) is 21.7 Å². The molecule has 0 aliphatic carbocycles. The fraction of sp³-hybridized carbons (Fsp3) is 0.200. The molecule has 0 aliphatic rings. The van der Waals surface area contributed by atoms with Crippen molar-refractivity contribution in [3.63, 3.8) is 0 Å². The summed E-state index contributed by atoms with van der Waals surface area (Å²) < 4.78 is 15.2. The van der Waals surface area contributed by atoms with Gasteiger partial charge in [-0.15, -0.1) is 0 Å². The first-order chi connectivity index (χ1) is 9.00. The SMILES string of the molecule is Cc1nn(C)c(F)c1/C=N/NC(=O)c1[nH]ncc1Br. The molecular formula is C10H10BrFN6O. The highest BCUT2D eigenvalue weighted by Gasteiger charge is 2.12. The summed E-state index contributed by atoms with van der Waals surface area (Å²) in [5.74, 6) is -0.999. The van der Waals surface area contributed by atoms with E-state index in [1.54, 1.807) is 6.92 Å². The molecule has 2 N–H and O–H groups in total. The van der Waals surface area contributed by atoms with Crippen molar-refractivity contribution in [1.82, 2.24) is 25.4 Å². The maximum absolute atomic E-state index is 13.6. The van der Waals surface area contributed by atoms with Crippen molar-refractivity contribution in [1.29, 1.82) is 0 Å². The third kappa shape index (κ3) is 2.70. The van der Waals surface area contributed by atoms with Crippen LogP contribution >= 0.6 is 15.9 Å². The lowest BCUT2D eigenvalue weighted by molar-refractivity contribution is 0.0949. The number of hydrogen-bond donors (Lipinski definition) is 2. The summed E-state index contributed by atoms with van der Waals surface area (Å²) in [4.78, 5) is 11.7. The number of carbonyl (C=O) groups excluding carboxylic acids is 1. The van der Waals surface area contributed by atoms with Gasteiger partial charge >= 0.3 is 0 Å². The van der Waals surface area contributed by atoms with Crippen molar-refractivity contribution >= 4 is 28.1 Å². The molecular weight excluding hydrogens is 319 g/mol. The molecule has 100 valence electrons. The molecule has 1 amide bonds. The Morgan fingerprint density at radius 3 is 2.95 bits per heavy atom. The molecule has 0 spiro atoms. The molecule has 0 bridgehead atoms. The normalized spacial score (nSPS) is 11.2. The second-order valence-corrected chi connectivity index (χ2v) is 4.56. The molecule has 2 aromatic heterocycles. The van der Waals surface area contributed by atoms with Crippen LogP contribution in [0, 0.1) is 12.9 Å². The molecule has 2 rings (SSSR count). The molecule has 19 heavy (non-hydrogen) atoms. The highest BCUT2D eigenvalue weighted by molar-refractivity contribution is 9.10. The summed E-state index contributed by atoms with van der Waals surface area (Å²) >= 11 is 3.15. The van der Waals surface area contributed by atoms with Crippen LogP contribution in [0.2, 0.25) is 0 Å². The van der Waals surface area contributed by atoms with Crippen molar-refractivity contribution in [3.8, 4) is 0 Å². The summed E-state index contributed by atoms with van der Waals surface area (Å²) in [7, 11) is 1.49. The fourth-order valence-electron chi connectivity index (χ4n) is 1.44. The van der Waals surface area contributed by atoms with E-state index in [1.165, 1.54) is 19.5 Å². The number of carbonyl (C=O) groups is 1. The number of H-pyrrole nitrogens is 1. The van der Waals surface area contributed by atoms with Crippen molar-refractivity contribution in [2.75, 3.05) is 0 Å². The Morgan fingerprint density at radius 2 is 2.42 bits per heavy atom. The van der Waals surface area contributed by atoms with Crippen molar-refractivity contribution in [2.24, 2.45) is 12.1 Å². The number of halogens is 2. The topological polar surface area (TPSA) is 88.0 Å². The molecule has 0 atom stereocenters. The minimum atomic E-state index is -0.516. The Morgan fingerprint density at radius 1 is 1.68 bits per heavy atom. The van der Waals surface area contributed by atoms with Gasteiger partial charge in [0.2, 0.25) is 5.95 Å². The second-order valence-electron chi connectivity index (χ2n) is 3.71. The predicted octanol–water partition coefficient (Wildman–Crippen LogP) is 1.12. The van der Waals surface area contributed by atoms with Gasteiger partial charge in [-0.3, -0.25) is 9.89 Å². The first kappa shape index (κ1) is 13.4. The molecule has 2 heterocycles. The summed E-state index contributed by atoms with van der Waals surface area (Å²) in [6, 6.07) is 0. The molecule has 7 nitrogen and oxygen atoms in total. The molecule has 0 fully saturated rings. The van der Waals surface area contributed by atoms with E-state index in [0.29, 0.717) is 10.2 Å². The summed E-state index contributed by atoms with van der Waals surface area (Å²) in [5, 5.41) is 13.8. The third-order valence-electron chi connectivity index (χ3n) is 2.38. The lowest BCUT2D eigenvalue weighted by Crippen LogP contribution is -2.18. The van der Waals surface area contributed by atoms with Crippen LogP contribution in [0.4, 0.5) is 4.39 Å². The first-order valence-electron chi connectivity index (χ1n) is 5.22.